The summed E-state index contributed by atoms with van der Waals surface area (Å²) in [6.07, 6.45) is 1.95. The standard InChI is InChI=1S/C9H13N3/c1-11(2)9(7-10)8-5-4-6-12(8)3/h4-6,9H,1-3H3. The molecule has 1 rings (SSSR count). The van der Waals surface area contributed by atoms with E-state index < -0.39 is 0 Å². The second-order valence-corrected chi connectivity index (χ2v) is 3.04. The number of nitriles is 1. The maximum Gasteiger partial charge on any atom is 0.138 e. The Bertz CT molecular complexity index is 293. The number of nitrogens with zero attached hydrogens (tertiary/aromatic N) is 3. The molecule has 0 N–H and O–H groups in total. The molecule has 0 saturated heterocycles. The second-order valence-electron chi connectivity index (χ2n) is 3.04. The summed E-state index contributed by atoms with van der Waals surface area (Å²) >= 11 is 0. The SMILES string of the molecule is CN(C)C(C#N)c1cccn1C. The normalized spacial score (nSPS) is 12.9. The van der Waals surface area contributed by atoms with E-state index in [9.17, 15) is 0 Å². The van der Waals surface area contributed by atoms with Crippen LogP contribution in [0.25, 0.3) is 0 Å². The monoisotopic (exact) mass is 163 g/mol. The summed E-state index contributed by atoms with van der Waals surface area (Å²) in [5, 5.41) is 8.89. The summed E-state index contributed by atoms with van der Waals surface area (Å²) in [6, 6.07) is 6.02. The molecule has 0 aromatic carbocycles. The van der Waals surface area contributed by atoms with Crippen molar-refractivity contribution in [2.45, 2.75) is 6.04 Å². The molecule has 1 atom stereocenters. The molecule has 0 radical (unpaired) electrons. The van der Waals surface area contributed by atoms with Crippen LogP contribution >= 0.6 is 0 Å². The van der Waals surface area contributed by atoms with Crippen molar-refractivity contribution in [2.75, 3.05) is 14.1 Å². The molecule has 64 valence electrons. The summed E-state index contributed by atoms with van der Waals surface area (Å²) < 4.78 is 1.97. The average Bonchev–Trinajstić information content (AvgIpc) is 2.38. The first-order valence-corrected chi connectivity index (χ1v) is 3.84. The second kappa shape index (κ2) is 3.42. The molecule has 0 spiro atoms. The number of aromatic nitrogens is 1. The third-order valence-corrected chi connectivity index (χ3v) is 1.90. The van der Waals surface area contributed by atoms with Gasteiger partial charge in [-0.15, -0.1) is 0 Å². The van der Waals surface area contributed by atoms with Crippen molar-refractivity contribution in [3.05, 3.63) is 24.0 Å². The van der Waals surface area contributed by atoms with E-state index in [0.29, 0.717) is 0 Å². The predicted octanol–water partition coefficient (Wildman–Crippen LogP) is 1.15. The molecule has 0 bridgehead atoms. The molecule has 1 unspecified atom stereocenters. The van der Waals surface area contributed by atoms with E-state index in [1.54, 1.807) is 0 Å². The maximum absolute atomic E-state index is 8.89. The lowest BCUT2D eigenvalue weighted by molar-refractivity contribution is 0.347. The first-order valence-electron chi connectivity index (χ1n) is 3.84. The van der Waals surface area contributed by atoms with Crippen molar-refractivity contribution in [2.24, 2.45) is 7.05 Å². The van der Waals surface area contributed by atoms with Gasteiger partial charge in [0.25, 0.3) is 0 Å². The van der Waals surface area contributed by atoms with Gasteiger partial charge < -0.3 is 4.57 Å². The van der Waals surface area contributed by atoms with Crippen molar-refractivity contribution in [3.63, 3.8) is 0 Å². The Morgan fingerprint density at radius 3 is 2.58 bits per heavy atom. The van der Waals surface area contributed by atoms with Crippen LogP contribution in [0, 0.1) is 11.3 Å². The third kappa shape index (κ3) is 1.49. The summed E-state index contributed by atoms with van der Waals surface area (Å²) in [4.78, 5) is 1.90. The molecule has 0 aliphatic rings. The maximum atomic E-state index is 8.89. The van der Waals surface area contributed by atoms with E-state index in [-0.39, 0.29) is 6.04 Å². The largest absolute Gasteiger partial charge is 0.352 e. The first kappa shape index (κ1) is 8.82. The van der Waals surface area contributed by atoms with Gasteiger partial charge in [0, 0.05) is 18.9 Å². The minimum Gasteiger partial charge on any atom is -0.352 e. The van der Waals surface area contributed by atoms with Crippen LogP contribution in [0.4, 0.5) is 0 Å². The summed E-state index contributed by atoms with van der Waals surface area (Å²) in [5.74, 6) is 0. The first-order chi connectivity index (χ1) is 5.66. The fourth-order valence-corrected chi connectivity index (χ4v) is 1.20. The highest BCUT2D eigenvalue weighted by molar-refractivity contribution is 5.17. The van der Waals surface area contributed by atoms with Crippen LogP contribution < -0.4 is 0 Å². The zero-order valence-electron chi connectivity index (χ0n) is 7.65. The van der Waals surface area contributed by atoms with E-state index in [2.05, 4.69) is 6.07 Å². The Morgan fingerprint density at radius 2 is 2.25 bits per heavy atom. The fourth-order valence-electron chi connectivity index (χ4n) is 1.20. The van der Waals surface area contributed by atoms with Crippen LogP contribution in [0.15, 0.2) is 18.3 Å². The molecule has 3 heteroatoms. The fraction of sp³-hybridized carbons (Fsp3) is 0.444. The van der Waals surface area contributed by atoms with Crippen molar-refractivity contribution < 1.29 is 0 Å². The van der Waals surface area contributed by atoms with Gasteiger partial charge in [0.05, 0.1) is 6.07 Å². The van der Waals surface area contributed by atoms with Gasteiger partial charge in [0.2, 0.25) is 0 Å². The number of hydrogen-bond acceptors (Lipinski definition) is 2. The topological polar surface area (TPSA) is 32.0 Å². The molecule has 3 nitrogen and oxygen atoms in total. The Hall–Kier alpha value is -1.27. The van der Waals surface area contributed by atoms with E-state index in [0.717, 1.165) is 5.69 Å². The highest BCUT2D eigenvalue weighted by Crippen LogP contribution is 2.16. The molecule has 1 aromatic heterocycles. The zero-order chi connectivity index (χ0) is 9.14. The summed E-state index contributed by atoms with van der Waals surface area (Å²) in [5.41, 5.74) is 1.03. The highest BCUT2D eigenvalue weighted by atomic mass is 15.1. The van der Waals surface area contributed by atoms with E-state index >= 15 is 0 Å². The Morgan fingerprint density at radius 1 is 1.58 bits per heavy atom. The van der Waals surface area contributed by atoms with Crippen LogP contribution in [0.1, 0.15) is 11.7 Å². The summed E-state index contributed by atoms with van der Waals surface area (Å²) in [6.45, 7) is 0. The quantitative estimate of drug-likeness (QED) is 0.655. The molecule has 0 fully saturated rings. The van der Waals surface area contributed by atoms with Crippen molar-refractivity contribution >= 4 is 0 Å². The van der Waals surface area contributed by atoms with Crippen LogP contribution in [-0.2, 0) is 7.05 Å². The van der Waals surface area contributed by atoms with Crippen molar-refractivity contribution in [1.29, 1.82) is 5.26 Å². The molecule has 12 heavy (non-hydrogen) atoms. The lowest BCUT2D eigenvalue weighted by Gasteiger charge is -2.17. The summed E-state index contributed by atoms with van der Waals surface area (Å²) in [7, 11) is 5.75. The van der Waals surface area contributed by atoms with Gasteiger partial charge in [0.15, 0.2) is 0 Å². The average molecular weight is 163 g/mol. The van der Waals surface area contributed by atoms with Crippen LogP contribution in [0.3, 0.4) is 0 Å². The third-order valence-electron chi connectivity index (χ3n) is 1.90. The molecule has 1 aromatic rings. The van der Waals surface area contributed by atoms with E-state index in [4.69, 9.17) is 5.26 Å². The van der Waals surface area contributed by atoms with Gasteiger partial charge in [-0.1, -0.05) is 0 Å². The minimum atomic E-state index is -0.148. The molecule has 0 amide bonds. The molecular weight excluding hydrogens is 150 g/mol. The minimum absolute atomic E-state index is 0.148. The van der Waals surface area contributed by atoms with E-state index in [1.807, 2.05) is 48.9 Å². The van der Waals surface area contributed by atoms with E-state index in [1.165, 1.54) is 0 Å². The smallest absolute Gasteiger partial charge is 0.138 e. The Balaban J connectivity index is 2.97. The zero-order valence-corrected chi connectivity index (χ0v) is 7.65. The molecule has 0 saturated carbocycles. The molecule has 0 aliphatic heterocycles. The number of hydrogen-bond donors (Lipinski definition) is 0. The van der Waals surface area contributed by atoms with Gasteiger partial charge in [-0.3, -0.25) is 4.90 Å². The number of rotatable bonds is 2. The van der Waals surface area contributed by atoms with Crippen LogP contribution in [-0.4, -0.2) is 23.6 Å². The van der Waals surface area contributed by atoms with Crippen LogP contribution in [0.2, 0.25) is 0 Å². The lowest BCUT2D eigenvalue weighted by Crippen LogP contribution is -2.20. The van der Waals surface area contributed by atoms with Crippen LogP contribution in [0.5, 0.6) is 0 Å². The Labute approximate surface area is 72.8 Å². The lowest BCUT2D eigenvalue weighted by atomic mass is 10.2. The van der Waals surface area contributed by atoms with Crippen molar-refractivity contribution in [1.82, 2.24) is 9.47 Å². The van der Waals surface area contributed by atoms with Crippen molar-refractivity contribution in [3.8, 4) is 6.07 Å². The van der Waals surface area contributed by atoms with Gasteiger partial charge in [-0.25, -0.2) is 0 Å². The molecule has 0 aliphatic carbocycles. The highest BCUT2D eigenvalue weighted by Gasteiger charge is 2.14. The van der Waals surface area contributed by atoms with Gasteiger partial charge >= 0.3 is 0 Å². The van der Waals surface area contributed by atoms with Gasteiger partial charge in [0.1, 0.15) is 6.04 Å². The molecule has 1 heterocycles. The number of aryl methyl sites for hydroxylation is 1. The predicted molar refractivity (Wildman–Crippen MR) is 47.5 cm³/mol. The molecular formula is C9H13N3. The Kier molecular flexibility index (Phi) is 2.51. The van der Waals surface area contributed by atoms with Gasteiger partial charge in [-0.2, -0.15) is 5.26 Å². The van der Waals surface area contributed by atoms with Gasteiger partial charge in [-0.05, 0) is 26.2 Å².